The summed E-state index contributed by atoms with van der Waals surface area (Å²) in [7, 11) is 0. The van der Waals surface area contributed by atoms with E-state index in [0.29, 0.717) is 12.5 Å². The monoisotopic (exact) mass is 296 g/mol. The number of aromatic nitrogens is 2. The molecule has 0 saturated carbocycles. The minimum Gasteiger partial charge on any atom is -0.382 e. The Morgan fingerprint density at radius 2 is 2.27 bits per heavy atom. The molecule has 7 heteroatoms. The Morgan fingerprint density at radius 1 is 1.45 bits per heavy atom. The second kappa shape index (κ2) is 7.04. The molecule has 112 valence electrons. The maximum atomic E-state index is 11.8. The summed E-state index contributed by atoms with van der Waals surface area (Å²) in [6.45, 7) is 2.33. The summed E-state index contributed by atoms with van der Waals surface area (Å²) < 4.78 is 0. The van der Waals surface area contributed by atoms with Crippen LogP contribution in [0, 0.1) is 18.3 Å². The van der Waals surface area contributed by atoms with E-state index in [1.54, 1.807) is 0 Å². The van der Waals surface area contributed by atoms with E-state index < -0.39 is 0 Å². The molecule has 4 N–H and O–H groups in total. The van der Waals surface area contributed by atoms with Gasteiger partial charge in [0.1, 0.15) is 17.5 Å². The fourth-order valence-corrected chi connectivity index (χ4v) is 1.80. The van der Waals surface area contributed by atoms with Crippen molar-refractivity contribution in [2.75, 3.05) is 22.9 Å². The van der Waals surface area contributed by atoms with Gasteiger partial charge in [-0.2, -0.15) is 10.2 Å². The van der Waals surface area contributed by atoms with Gasteiger partial charge in [-0.1, -0.05) is 12.1 Å². The molecule has 0 unspecified atom stereocenters. The van der Waals surface area contributed by atoms with Crippen LogP contribution in [0.25, 0.3) is 0 Å². The number of hydrogen-bond donors (Lipinski definition) is 3. The summed E-state index contributed by atoms with van der Waals surface area (Å²) in [5.74, 6) is 0.295. The molecule has 0 spiro atoms. The van der Waals surface area contributed by atoms with Crippen molar-refractivity contribution >= 4 is 23.4 Å². The molecule has 0 radical (unpaired) electrons. The van der Waals surface area contributed by atoms with Crippen molar-refractivity contribution in [1.82, 2.24) is 9.97 Å². The average molecular weight is 296 g/mol. The number of amides is 1. The molecular weight excluding hydrogens is 280 g/mol. The van der Waals surface area contributed by atoms with Gasteiger partial charge in [-0.15, -0.1) is 0 Å². The Morgan fingerprint density at radius 3 is 2.95 bits per heavy atom. The zero-order valence-corrected chi connectivity index (χ0v) is 12.1. The molecule has 1 heterocycles. The molecule has 1 aromatic heterocycles. The minimum absolute atomic E-state index is 0.111. The Kier molecular flexibility index (Phi) is 4.88. The topological polar surface area (TPSA) is 117 Å². The summed E-state index contributed by atoms with van der Waals surface area (Å²) in [5.41, 5.74) is 7.66. The highest BCUT2D eigenvalue weighted by molar-refractivity contribution is 5.91. The lowest BCUT2D eigenvalue weighted by atomic mass is 10.2. The largest absolute Gasteiger partial charge is 0.382 e. The SMILES string of the molecule is Cc1cccc(NC(=O)CCNc2ncc(C#N)c(N)n2)c1. The Bertz CT molecular complexity index is 722. The van der Waals surface area contributed by atoms with Gasteiger partial charge >= 0.3 is 0 Å². The number of aryl methyl sites for hydroxylation is 1. The molecule has 2 aromatic rings. The van der Waals surface area contributed by atoms with Gasteiger partial charge < -0.3 is 16.4 Å². The number of carbonyl (C=O) groups excluding carboxylic acids is 1. The predicted octanol–water partition coefficient (Wildman–Crippen LogP) is 1.68. The lowest BCUT2D eigenvalue weighted by molar-refractivity contribution is -0.115. The fraction of sp³-hybridized carbons (Fsp3) is 0.200. The zero-order chi connectivity index (χ0) is 15.9. The number of nitrogens with two attached hydrogens (primary N) is 1. The molecule has 0 fully saturated rings. The first-order chi connectivity index (χ1) is 10.6. The first-order valence-electron chi connectivity index (χ1n) is 6.71. The van der Waals surface area contributed by atoms with Crippen molar-refractivity contribution in [3.05, 3.63) is 41.6 Å². The van der Waals surface area contributed by atoms with Gasteiger partial charge in [0.15, 0.2) is 0 Å². The van der Waals surface area contributed by atoms with E-state index >= 15 is 0 Å². The standard InChI is InChI=1S/C15H16N6O/c1-10-3-2-4-12(7-10)20-13(22)5-6-18-15-19-9-11(8-16)14(17)21-15/h2-4,7,9H,5-6H2,1H3,(H,20,22)(H3,17,18,19,21). The number of hydrogen-bond acceptors (Lipinski definition) is 6. The van der Waals surface area contributed by atoms with Crippen LogP contribution >= 0.6 is 0 Å². The van der Waals surface area contributed by atoms with Crippen LogP contribution in [0.1, 0.15) is 17.5 Å². The van der Waals surface area contributed by atoms with E-state index in [0.717, 1.165) is 11.3 Å². The lowest BCUT2D eigenvalue weighted by Gasteiger charge is -2.07. The smallest absolute Gasteiger partial charge is 0.226 e. The van der Waals surface area contributed by atoms with Crippen LogP contribution < -0.4 is 16.4 Å². The number of nitrogen functional groups attached to an aromatic ring is 1. The van der Waals surface area contributed by atoms with Gasteiger partial charge in [-0.05, 0) is 24.6 Å². The van der Waals surface area contributed by atoms with Crippen LogP contribution in [0.5, 0.6) is 0 Å². The van der Waals surface area contributed by atoms with Crippen molar-refractivity contribution in [2.45, 2.75) is 13.3 Å². The first-order valence-corrected chi connectivity index (χ1v) is 6.71. The lowest BCUT2D eigenvalue weighted by Crippen LogP contribution is -2.17. The summed E-state index contributed by atoms with van der Waals surface area (Å²) in [4.78, 5) is 19.7. The normalized spacial score (nSPS) is 9.82. The highest BCUT2D eigenvalue weighted by atomic mass is 16.1. The average Bonchev–Trinajstić information content (AvgIpc) is 2.47. The fourth-order valence-electron chi connectivity index (χ4n) is 1.80. The maximum Gasteiger partial charge on any atom is 0.226 e. The van der Waals surface area contributed by atoms with Crippen LogP contribution in [-0.4, -0.2) is 22.4 Å². The number of nitrogens with zero attached hydrogens (tertiary/aromatic N) is 3. The number of benzene rings is 1. The van der Waals surface area contributed by atoms with Gasteiger partial charge in [0, 0.05) is 18.7 Å². The number of nitrogens with one attached hydrogen (secondary N) is 2. The molecule has 1 amide bonds. The zero-order valence-electron chi connectivity index (χ0n) is 12.1. The molecule has 0 aliphatic carbocycles. The molecular formula is C15H16N6O. The Balaban J connectivity index is 1.82. The quantitative estimate of drug-likeness (QED) is 0.772. The molecule has 0 aliphatic heterocycles. The highest BCUT2D eigenvalue weighted by Gasteiger charge is 2.05. The van der Waals surface area contributed by atoms with Crippen LogP contribution in [0.15, 0.2) is 30.5 Å². The molecule has 0 bridgehead atoms. The van der Waals surface area contributed by atoms with Crippen molar-refractivity contribution in [1.29, 1.82) is 5.26 Å². The van der Waals surface area contributed by atoms with Gasteiger partial charge in [0.05, 0.1) is 6.20 Å². The van der Waals surface area contributed by atoms with Crippen LogP contribution in [-0.2, 0) is 4.79 Å². The molecule has 0 atom stereocenters. The maximum absolute atomic E-state index is 11.8. The van der Waals surface area contributed by atoms with Crippen molar-refractivity contribution < 1.29 is 4.79 Å². The Labute approximate surface area is 128 Å². The van der Waals surface area contributed by atoms with E-state index in [1.165, 1.54) is 6.20 Å². The van der Waals surface area contributed by atoms with E-state index in [-0.39, 0.29) is 23.7 Å². The molecule has 0 aliphatic rings. The third-order valence-corrected chi connectivity index (χ3v) is 2.88. The highest BCUT2D eigenvalue weighted by Crippen LogP contribution is 2.10. The molecule has 1 aromatic carbocycles. The summed E-state index contributed by atoms with van der Waals surface area (Å²) in [5, 5.41) is 14.4. The second-order valence-electron chi connectivity index (χ2n) is 4.70. The number of carbonyl (C=O) groups is 1. The van der Waals surface area contributed by atoms with Crippen LogP contribution in [0.3, 0.4) is 0 Å². The molecule has 22 heavy (non-hydrogen) atoms. The summed E-state index contributed by atoms with van der Waals surface area (Å²) in [6.07, 6.45) is 1.61. The second-order valence-corrected chi connectivity index (χ2v) is 4.70. The van der Waals surface area contributed by atoms with Crippen molar-refractivity contribution in [3.8, 4) is 6.07 Å². The Hall–Kier alpha value is -3.14. The van der Waals surface area contributed by atoms with Crippen LogP contribution in [0.4, 0.5) is 17.5 Å². The minimum atomic E-state index is -0.111. The van der Waals surface area contributed by atoms with Crippen molar-refractivity contribution in [3.63, 3.8) is 0 Å². The molecule has 2 rings (SSSR count). The number of nitriles is 1. The van der Waals surface area contributed by atoms with Crippen molar-refractivity contribution in [2.24, 2.45) is 0 Å². The van der Waals surface area contributed by atoms with E-state index in [1.807, 2.05) is 37.3 Å². The molecule has 7 nitrogen and oxygen atoms in total. The van der Waals surface area contributed by atoms with Crippen LogP contribution in [0.2, 0.25) is 0 Å². The first kappa shape index (κ1) is 15.3. The summed E-state index contributed by atoms with van der Waals surface area (Å²) >= 11 is 0. The predicted molar refractivity (Wildman–Crippen MR) is 84.1 cm³/mol. The summed E-state index contributed by atoms with van der Waals surface area (Å²) in [6, 6.07) is 9.47. The van der Waals surface area contributed by atoms with Gasteiger partial charge in [0.2, 0.25) is 11.9 Å². The third-order valence-electron chi connectivity index (χ3n) is 2.88. The third kappa shape index (κ3) is 4.18. The van der Waals surface area contributed by atoms with Gasteiger partial charge in [-0.3, -0.25) is 4.79 Å². The van der Waals surface area contributed by atoms with E-state index in [2.05, 4.69) is 20.6 Å². The van der Waals surface area contributed by atoms with Gasteiger partial charge in [-0.25, -0.2) is 4.98 Å². The molecule has 0 saturated heterocycles. The van der Waals surface area contributed by atoms with E-state index in [4.69, 9.17) is 11.0 Å². The number of anilines is 3. The van der Waals surface area contributed by atoms with E-state index in [9.17, 15) is 4.79 Å². The number of rotatable bonds is 5. The van der Waals surface area contributed by atoms with Gasteiger partial charge in [0.25, 0.3) is 0 Å².